The Morgan fingerprint density at radius 1 is 0.917 bits per heavy atom. The molecule has 2 amide bonds. The molecule has 1 fully saturated rings. The summed E-state index contributed by atoms with van der Waals surface area (Å²) in [4.78, 5) is 27.7. The zero-order valence-electron chi connectivity index (χ0n) is 19.4. The fourth-order valence-corrected chi connectivity index (χ4v) is 5.03. The summed E-state index contributed by atoms with van der Waals surface area (Å²) in [6.45, 7) is 0.502. The van der Waals surface area contributed by atoms with Gasteiger partial charge >= 0.3 is 0 Å². The number of nitrogens with zero attached hydrogens (tertiary/aromatic N) is 1. The molecule has 1 saturated heterocycles. The van der Waals surface area contributed by atoms with E-state index in [1.165, 1.54) is 4.90 Å². The number of carbonyl (C=O) groups is 2. The summed E-state index contributed by atoms with van der Waals surface area (Å²) in [5.74, 6) is 0.702. The van der Waals surface area contributed by atoms with Crippen LogP contribution in [0.25, 0.3) is 16.8 Å². The molecule has 1 aliphatic rings. The first-order chi connectivity index (χ1) is 17.5. The number of hydrogen-bond donors (Lipinski definition) is 0. The molecule has 1 aliphatic heterocycles. The minimum atomic E-state index is -0.329. The fraction of sp³-hybridized carbons (Fsp3) is 0.103. The summed E-state index contributed by atoms with van der Waals surface area (Å²) >= 11 is 6.91. The molecule has 7 heteroatoms. The maximum absolute atomic E-state index is 13.3. The third-order valence-electron chi connectivity index (χ3n) is 5.89. The molecule has 180 valence electrons. The van der Waals surface area contributed by atoms with Crippen LogP contribution in [0.5, 0.6) is 11.5 Å². The number of para-hydroxylation sites is 1. The SMILES string of the molecule is COc1cccc(/C=C2/SC(=O)N(Cc3cccc4ccccc34)C2=O)c1OCc1ccc(Cl)cc1. The highest BCUT2D eigenvalue weighted by Gasteiger charge is 2.35. The average Bonchev–Trinajstić information content (AvgIpc) is 3.16. The molecule has 0 spiro atoms. The minimum Gasteiger partial charge on any atom is -0.493 e. The van der Waals surface area contributed by atoms with Gasteiger partial charge in [-0.3, -0.25) is 14.5 Å². The van der Waals surface area contributed by atoms with Crippen LogP contribution >= 0.6 is 23.4 Å². The van der Waals surface area contributed by atoms with Crippen molar-refractivity contribution in [1.82, 2.24) is 4.90 Å². The van der Waals surface area contributed by atoms with Crippen molar-refractivity contribution in [2.75, 3.05) is 7.11 Å². The first kappa shape index (κ1) is 24.0. The van der Waals surface area contributed by atoms with Gasteiger partial charge in [0.25, 0.3) is 11.1 Å². The monoisotopic (exact) mass is 515 g/mol. The van der Waals surface area contributed by atoms with Crippen molar-refractivity contribution in [3.63, 3.8) is 0 Å². The molecule has 0 bridgehead atoms. The van der Waals surface area contributed by atoms with Gasteiger partial charge in [-0.1, -0.05) is 78.3 Å². The molecule has 5 nitrogen and oxygen atoms in total. The number of carbonyl (C=O) groups excluding carboxylic acids is 2. The molecule has 0 saturated carbocycles. The van der Waals surface area contributed by atoms with Gasteiger partial charge in [-0.15, -0.1) is 0 Å². The molecule has 1 heterocycles. The lowest BCUT2D eigenvalue weighted by atomic mass is 10.0. The molecule has 0 aliphatic carbocycles. The Labute approximate surface area is 218 Å². The highest BCUT2D eigenvalue weighted by Crippen LogP contribution is 2.38. The van der Waals surface area contributed by atoms with Gasteiger partial charge in [0.05, 0.1) is 18.6 Å². The molecule has 0 aromatic heterocycles. The lowest BCUT2D eigenvalue weighted by Gasteiger charge is -2.15. The molecule has 0 atom stereocenters. The Hall–Kier alpha value is -3.74. The smallest absolute Gasteiger partial charge is 0.293 e. The van der Waals surface area contributed by atoms with Crippen LogP contribution in [-0.4, -0.2) is 23.2 Å². The van der Waals surface area contributed by atoms with Crippen LogP contribution < -0.4 is 9.47 Å². The summed E-state index contributed by atoms with van der Waals surface area (Å²) in [5.41, 5.74) is 2.51. The third kappa shape index (κ3) is 4.96. The number of hydrogen-bond acceptors (Lipinski definition) is 5. The highest BCUT2D eigenvalue weighted by atomic mass is 35.5. The largest absolute Gasteiger partial charge is 0.493 e. The van der Waals surface area contributed by atoms with Crippen molar-refractivity contribution in [3.8, 4) is 11.5 Å². The number of ether oxygens (including phenoxy) is 2. The summed E-state index contributed by atoms with van der Waals surface area (Å²) in [5, 5.41) is 2.44. The quantitative estimate of drug-likeness (QED) is 0.241. The van der Waals surface area contributed by atoms with Crippen molar-refractivity contribution in [1.29, 1.82) is 0 Å². The molecule has 0 radical (unpaired) electrons. The second-order valence-electron chi connectivity index (χ2n) is 8.20. The van der Waals surface area contributed by atoms with Crippen molar-refractivity contribution < 1.29 is 19.1 Å². The topological polar surface area (TPSA) is 55.8 Å². The maximum atomic E-state index is 13.3. The van der Waals surface area contributed by atoms with E-state index >= 15 is 0 Å². The summed E-state index contributed by atoms with van der Waals surface area (Å²) in [6, 6.07) is 26.6. The third-order valence-corrected chi connectivity index (χ3v) is 7.05. The van der Waals surface area contributed by atoms with E-state index in [4.69, 9.17) is 21.1 Å². The molecule has 0 N–H and O–H groups in total. The van der Waals surface area contributed by atoms with E-state index in [-0.39, 0.29) is 17.7 Å². The Bertz CT molecular complexity index is 1480. The number of benzene rings is 4. The van der Waals surface area contributed by atoms with Gasteiger partial charge in [-0.05, 0) is 57.9 Å². The van der Waals surface area contributed by atoms with Crippen LogP contribution in [0.1, 0.15) is 16.7 Å². The second kappa shape index (κ2) is 10.5. The van der Waals surface area contributed by atoms with Gasteiger partial charge < -0.3 is 9.47 Å². The lowest BCUT2D eigenvalue weighted by molar-refractivity contribution is -0.123. The number of thioether (sulfide) groups is 1. The van der Waals surface area contributed by atoms with Gasteiger partial charge in [0, 0.05) is 10.6 Å². The normalized spacial score (nSPS) is 14.6. The van der Waals surface area contributed by atoms with Crippen molar-refractivity contribution in [2.24, 2.45) is 0 Å². The number of rotatable bonds is 7. The van der Waals surface area contributed by atoms with Gasteiger partial charge in [-0.2, -0.15) is 0 Å². The van der Waals surface area contributed by atoms with E-state index in [2.05, 4.69) is 0 Å². The number of fused-ring (bicyclic) bond motifs is 1. The van der Waals surface area contributed by atoms with Gasteiger partial charge in [-0.25, -0.2) is 0 Å². The highest BCUT2D eigenvalue weighted by molar-refractivity contribution is 8.18. The average molecular weight is 516 g/mol. The van der Waals surface area contributed by atoms with E-state index in [0.717, 1.165) is 33.7 Å². The van der Waals surface area contributed by atoms with Crippen LogP contribution in [0, 0.1) is 0 Å². The van der Waals surface area contributed by atoms with Gasteiger partial charge in [0.1, 0.15) is 6.61 Å². The second-order valence-corrected chi connectivity index (χ2v) is 9.63. The zero-order chi connectivity index (χ0) is 25.1. The van der Waals surface area contributed by atoms with Crippen LogP contribution in [-0.2, 0) is 17.9 Å². The van der Waals surface area contributed by atoms with E-state index in [0.29, 0.717) is 33.6 Å². The van der Waals surface area contributed by atoms with Crippen molar-refractivity contribution in [3.05, 3.63) is 112 Å². The van der Waals surface area contributed by atoms with E-state index in [1.54, 1.807) is 31.4 Å². The number of imide groups is 1. The van der Waals surface area contributed by atoms with Crippen LogP contribution in [0.15, 0.2) is 89.8 Å². The van der Waals surface area contributed by atoms with Gasteiger partial charge in [0.15, 0.2) is 11.5 Å². The first-order valence-electron chi connectivity index (χ1n) is 11.3. The predicted molar refractivity (Wildman–Crippen MR) is 144 cm³/mol. The summed E-state index contributed by atoms with van der Waals surface area (Å²) in [6.07, 6.45) is 1.69. The molecule has 0 unspecified atom stereocenters. The Kier molecular flexibility index (Phi) is 6.98. The zero-order valence-corrected chi connectivity index (χ0v) is 21.0. The lowest BCUT2D eigenvalue weighted by Crippen LogP contribution is -2.27. The van der Waals surface area contributed by atoms with Gasteiger partial charge in [0.2, 0.25) is 0 Å². The maximum Gasteiger partial charge on any atom is 0.293 e. The Morgan fingerprint density at radius 2 is 1.67 bits per heavy atom. The summed E-state index contributed by atoms with van der Waals surface area (Å²) in [7, 11) is 1.56. The number of amides is 2. The Morgan fingerprint density at radius 3 is 2.47 bits per heavy atom. The van der Waals surface area contributed by atoms with E-state index in [9.17, 15) is 9.59 Å². The first-order valence-corrected chi connectivity index (χ1v) is 12.5. The molecule has 4 aromatic carbocycles. The fourth-order valence-electron chi connectivity index (χ4n) is 4.08. The molecular weight excluding hydrogens is 494 g/mol. The van der Waals surface area contributed by atoms with E-state index < -0.39 is 0 Å². The molecule has 4 aromatic rings. The van der Waals surface area contributed by atoms with Crippen LogP contribution in [0.2, 0.25) is 5.02 Å². The minimum absolute atomic E-state index is 0.210. The van der Waals surface area contributed by atoms with E-state index in [1.807, 2.05) is 66.7 Å². The number of methoxy groups -OCH3 is 1. The van der Waals surface area contributed by atoms with Crippen LogP contribution in [0.3, 0.4) is 0 Å². The Balaban J connectivity index is 1.41. The predicted octanol–water partition coefficient (Wildman–Crippen LogP) is 7.32. The molecular formula is C29H22ClNO4S. The molecule has 5 rings (SSSR count). The van der Waals surface area contributed by atoms with Crippen molar-refractivity contribution >= 4 is 51.4 Å². The molecule has 36 heavy (non-hydrogen) atoms. The number of halogens is 1. The van der Waals surface area contributed by atoms with Crippen LogP contribution in [0.4, 0.5) is 4.79 Å². The van der Waals surface area contributed by atoms with Crippen molar-refractivity contribution in [2.45, 2.75) is 13.2 Å². The standard InChI is InChI=1S/C29H22ClNO4S/c1-34-25-11-5-8-21(27(25)35-18-19-12-14-23(30)15-13-19)16-26-28(32)31(29(33)36-26)17-22-9-4-7-20-6-2-3-10-24(20)22/h2-16H,17-18H2,1H3/b26-16+. The summed E-state index contributed by atoms with van der Waals surface area (Å²) < 4.78 is 11.6.